The molecule has 2 aromatic heterocycles. The molecule has 0 saturated carbocycles. The van der Waals surface area contributed by atoms with Crippen LogP contribution in [0.1, 0.15) is 107 Å². The summed E-state index contributed by atoms with van der Waals surface area (Å²) in [6.07, 6.45) is 13.9. The highest BCUT2D eigenvalue weighted by molar-refractivity contribution is 5.87. The minimum atomic E-state index is -0.110. The van der Waals surface area contributed by atoms with Gasteiger partial charge >= 0.3 is 0 Å². The lowest BCUT2D eigenvalue weighted by Crippen LogP contribution is -2.61. The molecule has 54 heavy (non-hydrogen) atoms. The Hall–Kier alpha value is -5.23. The molecular weight excluding hydrogens is 661 g/mol. The van der Waals surface area contributed by atoms with Crippen LogP contribution in [-0.2, 0) is 12.0 Å². The van der Waals surface area contributed by atoms with Crippen molar-refractivity contribution in [3.8, 4) is 17.1 Å². The standard InChI is InChI=1S/C48H53N6/c1-7-17-35(42-40-22-14-15-25-41(40)54-45-44(49-26-27-50-45)53(47(42)54)36-19-10-9-11-20-36)31-48(8-2)30-34-18-12-13-21-39(34)46-51(28-29-52(46)48)43-37(32(3)4)23-16-24-38(43)33(5)6/h9-16,18-29,32-33,35,42,47H,7-8,17,30-31H2,1-6H3/q+1. The molecule has 4 atom stereocenters. The number of hydrogen-bond donors (Lipinski definition) is 0. The molecule has 4 aromatic carbocycles. The van der Waals surface area contributed by atoms with Gasteiger partial charge in [-0.25, -0.2) is 14.5 Å². The van der Waals surface area contributed by atoms with Crippen molar-refractivity contribution in [1.82, 2.24) is 14.5 Å². The van der Waals surface area contributed by atoms with Crippen molar-refractivity contribution < 1.29 is 4.57 Å². The number of nitrogens with zero attached hydrogens (tertiary/aromatic N) is 6. The number of anilines is 4. The second-order valence-electron chi connectivity index (χ2n) is 16.4. The Morgan fingerprint density at radius 1 is 0.759 bits per heavy atom. The lowest BCUT2D eigenvalue weighted by atomic mass is 9.70. The monoisotopic (exact) mass is 713 g/mol. The molecule has 0 amide bonds. The molecule has 6 heteroatoms. The number of hydrogen-bond acceptors (Lipinski definition) is 4. The predicted octanol–water partition coefficient (Wildman–Crippen LogP) is 11.3. The topological polar surface area (TPSA) is 41.1 Å². The molecule has 6 nitrogen and oxygen atoms in total. The molecule has 0 saturated heterocycles. The SMILES string of the molecule is CCCC(CC1(CC)Cc2ccccc2-c2n(-c3c(C(C)C)cccc3C(C)C)cc[n+]21)C1c2ccccc2N2c3nccnc3N(c3ccccc3)C12. The van der Waals surface area contributed by atoms with Gasteiger partial charge in [-0.05, 0) is 72.4 Å². The first-order valence-electron chi connectivity index (χ1n) is 20.2. The number of rotatable bonds is 10. The van der Waals surface area contributed by atoms with E-state index in [1.165, 1.54) is 45.0 Å². The molecule has 274 valence electrons. The molecule has 0 bridgehead atoms. The second-order valence-corrected chi connectivity index (χ2v) is 16.4. The normalized spacial score (nSPS) is 20.1. The first kappa shape index (κ1) is 34.5. The zero-order valence-electron chi connectivity index (χ0n) is 32.7. The van der Waals surface area contributed by atoms with Crippen LogP contribution in [0, 0.1) is 5.92 Å². The van der Waals surface area contributed by atoms with Crippen molar-refractivity contribution >= 4 is 23.0 Å². The van der Waals surface area contributed by atoms with Crippen LogP contribution < -0.4 is 14.4 Å². The van der Waals surface area contributed by atoms with Crippen LogP contribution in [-0.4, -0.2) is 20.7 Å². The zero-order chi connectivity index (χ0) is 37.1. The van der Waals surface area contributed by atoms with Crippen molar-refractivity contribution in [3.63, 3.8) is 0 Å². The van der Waals surface area contributed by atoms with Crippen LogP contribution in [0.2, 0.25) is 0 Å². The Balaban J connectivity index is 1.22. The maximum Gasteiger partial charge on any atom is 0.294 e. The molecular formula is C48H53N6+. The molecule has 6 aromatic rings. The number of benzene rings is 4. The summed E-state index contributed by atoms with van der Waals surface area (Å²) in [4.78, 5) is 15.0. The lowest BCUT2D eigenvalue weighted by molar-refractivity contribution is -0.759. The van der Waals surface area contributed by atoms with E-state index in [1.54, 1.807) is 0 Å². The van der Waals surface area contributed by atoms with Crippen molar-refractivity contribution in [3.05, 3.63) is 144 Å². The van der Waals surface area contributed by atoms with Crippen molar-refractivity contribution in [1.29, 1.82) is 0 Å². The summed E-state index contributed by atoms with van der Waals surface area (Å²) < 4.78 is 5.26. The van der Waals surface area contributed by atoms with Gasteiger partial charge in [-0.15, -0.1) is 0 Å². The zero-order valence-corrected chi connectivity index (χ0v) is 32.7. The first-order chi connectivity index (χ1) is 26.4. The summed E-state index contributed by atoms with van der Waals surface area (Å²) in [5.41, 5.74) is 10.7. The Morgan fingerprint density at radius 3 is 2.13 bits per heavy atom. The van der Waals surface area contributed by atoms with Crippen LogP contribution in [0.25, 0.3) is 17.1 Å². The van der Waals surface area contributed by atoms with E-state index in [0.29, 0.717) is 17.8 Å². The van der Waals surface area contributed by atoms with E-state index in [9.17, 15) is 0 Å². The van der Waals surface area contributed by atoms with E-state index in [0.717, 1.165) is 49.4 Å². The first-order valence-corrected chi connectivity index (χ1v) is 20.2. The highest BCUT2D eigenvalue weighted by Crippen LogP contribution is 2.59. The Bertz CT molecular complexity index is 2260. The Kier molecular flexibility index (Phi) is 8.67. The lowest BCUT2D eigenvalue weighted by Gasteiger charge is -2.41. The third kappa shape index (κ3) is 5.24. The number of imidazole rings is 1. The minimum absolute atomic E-state index is 0.0455. The maximum absolute atomic E-state index is 5.00. The molecule has 3 aliphatic rings. The summed E-state index contributed by atoms with van der Waals surface area (Å²) >= 11 is 0. The fourth-order valence-electron chi connectivity index (χ4n) is 10.3. The van der Waals surface area contributed by atoms with Gasteiger partial charge in [-0.3, -0.25) is 0 Å². The summed E-state index contributed by atoms with van der Waals surface area (Å²) in [7, 11) is 0. The summed E-state index contributed by atoms with van der Waals surface area (Å²) in [5.74, 6) is 4.66. The smallest absolute Gasteiger partial charge is 0.294 e. The molecule has 4 unspecified atom stereocenters. The van der Waals surface area contributed by atoms with Crippen LogP contribution in [0.4, 0.5) is 23.0 Å². The average molecular weight is 714 g/mol. The highest BCUT2D eigenvalue weighted by atomic mass is 15.5. The fourth-order valence-corrected chi connectivity index (χ4v) is 10.3. The second kappa shape index (κ2) is 13.6. The van der Waals surface area contributed by atoms with Gasteiger partial charge in [0.1, 0.15) is 29.8 Å². The van der Waals surface area contributed by atoms with Crippen molar-refractivity contribution in [2.45, 2.75) is 103 Å². The fraction of sp³-hybridized carbons (Fsp3) is 0.354. The van der Waals surface area contributed by atoms with E-state index in [2.05, 4.69) is 170 Å². The van der Waals surface area contributed by atoms with Gasteiger partial charge in [-0.2, -0.15) is 4.57 Å². The largest absolute Gasteiger partial charge is 0.301 e. The summed E-state index contributed by atoms with van der Waals surface area (Å²) in [5, 5.41) is 0. The molecule has 3 aliphatic heterocycles. The van der Waals surface area contributed by atoms with Gasteiger partial charge in [0.15, 0.2) is 11.6 Å². The molecule has 0 fully saturated rings. The Labute approximate surface area is 321 Å². The van der Waals surface area contributed by atoms with E-state index < -0.39 is 0 Å². The third-order valence-electron chi connectivity index (χ3n) is 12.7. The van der Waals surface area contributed by atoms with Crippen LogP contribution in [0.3, 0.4) is 0 Å². The number of para-hydroxylation sites is 3. The van der Waals surface area contributed by atoms with Crippen molar-refractivity contribution in [2.24, 2.45) is 5.92 Å². The molecule has 0 N–H and O–H groups in total. The van der Waals surface area contributed by atoms with E-state index >= 15 is 0 Å². The van der Waals surface area contributed by atoms with E-state index in [-0.39, 0.29) is 17.6 Å². The van der Waals surface area contributed by atoms with Crippen molar-refractivity contribution in [2.75, 3.05) is 9.80 Å². The number of aromatic nitrogens is 4. The molecule has 0 spiro atoms. The average Bonchev–Trinajstić information content (AvgIpc) is 3.89. The van der Waals surface area contributed by atoms with Gasteiger partial charge < -0.3 is 9.80 Å². The van der Waals surface area contributed by atoms with E-state index in [4.69, 9.17) is 9.97 Å². The van der Waals surface area contributed by atoms with E-state index in [1.807, 2.05) is 12.4 Å². The Morgan fingerprint density at radius 2 is 1.43 bits per heavy atom. The van der Waals surface area contributed by atoms with Crippen LogP contribution >= 0.6 is 0 Å². The van der Waals surface area contributed by atoms with Gasteiger partial charge in [0.25, 0.3) is 5.82 Å². The van der Waals surface area contributed by atoms with Gasteiger partial charge in [0, 0.05) is 47.2 Å². The van der Waals surface area contributed by atoms with Gasteiger partial charge in [0.2, 0.25) is 0 Å². The molecule has 0 aliphatic carbocycles. The number of fused-ring (bicyclic) bond motifs is 8. The molecule has 9 rings (SSSR count). The quantitative estimate of drug-likeness (QED) is 0.133. The summed E-state index contributed by atoms with van der Waals surface area (Å²) in [6.45, 7) is 14.1. The van der Waals surface area contributed by atoms with Gasteiger partial charge in [-0.1, -0.05) is 121 Å². The minimum Gasteiger partial charge on any atom is -0.301 e. The van der Waals surface area contributed by atoms with Gasteiger partial charge in [0.05, 0.1) is 5.56 Å². The van der Waals surface area contributed by atoms with Crippen LogP contribution in [0.15, 0.2) is 122 Å². The maximum atomic E-state index is 5.00. The third-order valence-corrected chi connectivity index (χ3v) is 12.7. The molecule has 0 radical (unpaired) electrons. The van der Waals surface area contributed by atoms with Crippen LogP contribution in [0.5, 0.6) is 0 Å². The highest BCUT2D eigenvalue weighted by Gasteiger charge is 2.55. The molecule has 5 heterocycles. The predicted molar refractivity (Wildman–Crippen MR) is 220 cm³/mol. The summed E-state index contributed by atoms with van der Waals surface area (Å²) in [6, 6.07) is 36.1.